The molecule has 1 aliphatic carbocycles. The van der Waals surface area contributed by atoms with Gasteiger partial charge in [-0.05, 0) is 43.4 Å². The molecule has 2 aliphatic rings. The van der Waals surface area contributed by atoms with E-state index in [2.05, 4.69) is 27.0 Å². The Morgan fingerprint density at radius 3 is 2.61 bits per heavy atom. The van der Waals surface area contributed by atoms with Crippen molar-refractivity contribution >= 4 is 5.91 Å². The highest BCUT2D eigenvalue weighted by atomic mass is 16.3. The predicted octanol–water partition coefficient (Wildman–Crippen LogP) is 3.31. The van der Waals surface area contributed by atoms with Crippen LogP contribution in [0, 0.1) is 0 Å². The molecule has 2 unspecified atom stereocenters. The Balaban J connectivity index is 1.23. The summed E-state index contributed by atoms with van der Waals surface area (Å²) >= 11 is 0. The number of aliphatic hydroxyl groups excluding tert-OH is 1. The molecule has 6 nitrogen and oxygen atoms in total. The van der Waals surface area contributed by atoms with Gasteiger partial charge in [-0.15, -0.1) is 0 Å². The molecule has 0 radical (unpaired) electrons. The van der Waals surface area contributed by atoms with E-state index in [1.165, 1.54) is 0 Å². The number of hydrogen-bond donors (Lipinski definition) is 3. The predicted molar refractivity (Wildman–Crippen MR) is 118 cm³/mol. The molecule has 31 heavy (non-hydrogen) atoms. The van der Waals surface area contributed by atoms with Crippen LogP contribution < -0.4 is 5.32 Å². The molecular weight excluding hydrogens is 390 g/mol. The number of aromatic nitrogens is 2. The summed E-state index contributed by atoms with van der Waals surface area (Å²) in [6.07, 6.45) is 5.42. The first-order chi connectivity index (χ1) is 15.0. The summed E-state index contributed by atoms with van der Waals surface area (Å²) in [4.78, 5) is 16.7. The molecular formula is C25H27N3O3. The molecule has 3 aromatic rings. The maximum atomic E-state index is 12.4. The van der Waals surface area contributed by atoms with E-state index in [0.717, 1.165) is 16.8 Å². The number of benzene rings is 2. The maximum absolute atomic E-state index is 12.4. The summed E-state index contributed by atoms with van der Waals surface area (Å²) < 4.78 is 2.09. The molecule has 3 N–H and O–H groups in total. The first kappa shape index (κ1) is 20.0. The highest BCUT2D eigenvalue weighted by Crippen LogP contribution is 2.43. The van der Waals surface area contributed by atoms with Gasteiger partial charge in [-0.25, -0.2) is 4.98 Å². The molecule has 1 fully saturated rings. The quantitative estimate of drug-likeness (QED) is 0.594. The van der Waals surface area contributed by atoms with E-state index in [-0.39, 0.29) is 18.0 Å². The second kappa shape index (κ2) is 7.94. The number of rotatable bonds is 5. The summed E-state index contributed by atoms with van der Waals surface area (Å²) in [5, 5.41) is 25.3. The molecule has 1 amide bonds. The Kier molecular flexibility index (Phi) is 5.12. The van der Waals surface area contributed by atoms with Crippen molar-refractivity contribution in [2.24, 2.45) is 0 Å². The first-order valence-corrected chi connectivity index (χ1v) is 10.9. The second-order valence-electron chi connectivity index (χ2n) is 8.76. The number of amides is 1. The lowest BCUT2D eigenvalue weighted by atomic mass is 9.76. The summed E-state index contributed by atoms with van der Waals surface area (Å²) in [6, 6.07) is 17.3. The molecule has 160 valence electrons. The van der Waals surface area contributed by atoms with Gasteiger partial charge < -0.3 is 20.1 Å². The number of nitrogens with one attached hydrogen (secondary N) is 1. The summed E-state index contributed by atoms with van der Waals surface area (Å²) in [5.41, 5.74) is 2.83. The third kappa shape index (κ3) is 3.66. The van der Waals surface area contributed by atoms with Crippen LogP contribution in [0.3, 0.4) is 0 Å². The minimum atomic E-state index is -1.15. The highest BCUT2D eigenvalue weighted by molar-refractivity contribution is 5.94. The molecule has 1 saturated carbocycles. The van der Waals surface area contributed by atoms with Gasteiger partial charge in [0.25, 0.3) is 5.91 Å². The molecule has 0 bridgehead atoms. The summed E-state index contributed by atoms with van der Waals surface area (Å²) in [7, 11) is 0. The molecule has 2 atom stereocenters. The average Bonchev–Trinajstić information content (AvgIpc) is 3.39. The lowest BCUT2D eigenvalue weighted by Gasteiger charge is -2.40. The van der Waals surface area contributed by atoms with Crippen LogP contribution in [-0.4, -0.2) is 43.4 Å². The fourth-order valence-corrected chi connectivity index (χ4v) is 5.06. The number of nitrogens with zero attached hydrogens (tertiary/aromatic N) is 2. The second-order valence-corrected chi connectivity index (χ2v) is 8.76. The smallest absolute Gasteiger partial charge is 0.251 e. The minimum Gasteiger partial charge on any atom is -0.390 e. The van der Waals surface area contributed by atoms with E-state index >= 15 is 0 Å². The van der Waals surface area contributed by atoms with Crippen molar-refractivity contribution in [1.82, 2.24) is 14.9 Å². The fraction of sp³-hybridized carbons (Fsp3) is 0.360. The number of fused-ring (bicyclic) bond motifs is 3. The number of carbonyl (C=O) groups is 1. The number of carbonyl (C=O) groups excluding carboxylic acids is 1. The van der Waals surface area contributed by atoms with Crippen molar-refractivity contribution in [3.8, 4) is 11.3 Å². The Labute approximate surface area is 181 Å². The maximum Gasteiger partial charge on any atom is 0.251 e. The standard InChI is InChI=1S/C25H27N3O3/c29-23(14-21-19-8-4-5-9-20(19)22-15-26-16-28(21)22)25(31)12-10-18(11-13-25)27-24(30)17-6-2-1-3-7-17/h1-9,15-16,18,21,23,29,31H,10-14H2,(H,27,30)/t18-,21?,23?,25-. The van der Waals surface area contributed by atoms with Crippen LogP contribution in [0.15, 0.2) is 67.1 Å². The third-order valence-corrected chi connectivity index (χ3v) is 6.89. The zero-order valence-corrected chi connectivity index (χ0v) is 17.3. The first-order valence-electron chi connectivity index (χ1n) is 10.9. The highest BCUT2D eigenvalue weighted by Gasteiger charge is 2.42. The average molecular weight is 418 g/mol. The third-order valence-electron chi connectivity index (χ3n) is 6.89. The normalized spacial score (nSPS) is 25.5. The summed E-state index contributed by atoms with van der Waals surface area (Å²) in [5.74, 6) is -0.0909. The minimum absolute atomic E-state index is 0.00707. The van der Waals surface area contributed by atoms with Gasteiger partial charge in [-0.1, -0.05) is 42.5 Å². The van der Waals surface area contributed by atoms with Gasteiger partial charge in [-0.3, -0.25) is 4.79 Å². The van der Waals surface area contributed by atoms with Gasteiger partial charge in [0, 0.05) is 23.6 Å². The molecule has 0 saturated heterocycles. The monoisotopic (exact) mass is 417 g/mol. The van der Waals surface area contributed by atoms with Gasteiger partial charge in [0.05, 0.1) is 36.0 Å². The van der Waals surface area contributed by atoms with Crippen molar-refractivity contribution in [1.29, 1.82) is 0 Å². The van der Waals surface area contributed by atoms with Crippen molar-refractivity contribution in [3.63, 3.8) is 0 Å². The van der Waals surface area contributed by atoms with E-state index in [1.807, 2.05) is 36.5 Å². The van der Waals surface area contributed by atoms with Gasteiger partial charge in [-0.2, -0.15) is 0 Å². The van der Waals surface area contributed by atoms with E-state index in [4.69, 9.17) is 0 Å². The van der Waals surface area contributed by atoms with Gasteiger partial charge in [0.15, 0.2) is 0 Å². The van der Waals surface area contributed by atoms with E-state index in [1.54, 1.807) is 18.5 Å². The summed E-state index contributed by atoms with van der Waals surface area (Å²) in [6.45, 7) is 0. The number of aliphatic hydroxyl groups is 2. The van der Waals surface area contributed by atoms with Crippen LogP contribution in [0.25, 0.3) is 11.3 Å². The molecule has 2 aromatic carbocycles. The zero-order chi connectivity index (χ0) is 21.4. The Morgan fingerprint density at radius 2 is 1.84 bits per heavy atom. The largest absolute Gasteiger partial charge is 0.390 e. The van der Waals surface area contributed by atoms with Crippen molar-refractivity contribution in [3.05, 3.63) is 78.2 Å². The molecule has 2 heterocycles. The molecule has 0 spiro atoms. The number of imidazole rings is 1. The van der Waals surface area contributed by atoms with Crippen molar-refractivity contribution in [2.45, 2.75) is 55.9 Å². The van der Waals surface area contributed by atoms with Crippen molar-refractivity contribution < 1.29 is 15.0 Å². The van der Waals surface area contributed by atoms with Gasteiger partial charge >= 0.3 is 0 Å². The van der Waals surface area contributed by atoms with Crippen LogP contribution in [0.2, 0.25) is 0 Å². The topological polar surface area (TPSA) is 87.4 Å². The Morgan fingerprint density at radius 1 is 1.13 bits per heavy atom. The molecule has 5 rings (SSSR count). The molecule has 1 aromatic heterocycles. The van der Waals surface area contributed by atoms with Crippen LogP contribution in [0.4, 0.5) is 0 Å². The Hall–Kier alpha value is -2.96. The van der Waals surface area contributed by atoms with E-state index in [0.29, 0.717) is 37.7 Å². The van der Waals surface area contributed by atoms with Crippen LogP contribution in [-0.2, 0) is 0 Å². The van der Waals surface area contributed by atoms with Crippen molar-refractivity contribution in [2.75, 3.05) is 0 Å². The lowest BCUT2D eigenvalue weighted by Crippen LogP contribution is -2.50. The van der Waals surface area contributed by atoms with Crippen LogP contribution >= 0.6 is 0 Å². The molecule has 6 heteroatoms. The van der Waals surface area contributed by atoms with Gasteiger partial charge in [0.2, 0.25) is 0 Å². The SMILES string of the molecule is O=C(N[C@H]1CC[C@@](O)(C(O)CC2c3ccccc3-c3cncn32)CC1)c1ccccc1. The zero-order valence-electron chi connectivity index (χ0n) is 17.3. The van der Waals surface area contributed by atoms with Crippen LogP contribution in [0.5, 0.6) is 0 Å². The number of hydrogen-bond acceptors (Lipinski definition) is 4. The lowest BCUT2D eigenvalue weighted by molar-refractivity contribution is -0.105. The van der Waals surface area contributed by atoms with E-state index < -0.39 is 11.7 Å². The van der Waals surface area contributed by atoms with Gasteiger partial charge in [0.1, 0.15) is 0 Å². The molecule has 1 aliphatic heterocycles. The van der Waals surface area contributed by atoms with Crippen LogP contribution in [0.1, 0.15) is 54.1 Å². The van der Waals surface area contributed by atoms with E-state index in [9.17, 15) is 15.0 Å². The Bertz CT molecular complexity index is 1070. The fourth-order valence-electron chi connectivity index (χ4n) is 5.06.